The molecule has 0 bridgehead atoms. The number of carbonyl (C=O) groups is 3. The summed E-state index contributed by atoms with van der Waals surface area (Å²) in [6, 6.07) is 0. The van der Waals surface area contributed by atoms with Crippen LogP contribution < -0.4 is 0 Å². The molecule has 1 heterocycles. The highest BCUT2D eigenvalue weighted by Crippen LogP contribution is 2.12. The highest BCUT2D eigenvalue weighted by Gasteiger charge is 2.31. The molecule has 1 aliphatic rings. The maximum atomic E-state index is 12.8. The first-order valence-electron chi connectivity index (χ1n) is 10.7. The van der Waals surface area contributed by atoms with Gasteiger partial charge in [0.15, 0.2) is 0 Å². The molecular weight excluding hydrogens is 422 g/mol. The number of amides is 3. The first-order chi connectivity index (χ1) is 15.4. The van der Waals surface area contributed by atoms with Crippen LogP contribution in [0.15, 0.2) is 12.7 Å². The fourth-order valence-electron chi connectivity index (χ4n) is 3.40. The van der Waals surface area contributed by atoms with Crippen molar-refractivity contribution in [3.8, 4) is 0 Å². The van der Waals surface area contributed by atoms with Crippen molar-refractivity contribution in [2.75, 3.05) is 85.7 Å². The molecule has 32 heavy (non-hydrogen) atoms. The number of hydrogen-bond acceptors (Lipinski definition) is 9. The van der Waals surface area contributed by atoms with E-state index < -0.39 is 5.91 Å². The Labute approximate surface area is 188 Å². The van der Waals surface area contributed by atoms with Crippen molar-refractivity contribution in [2.24, 2.45) is 0 Å². The molecule has 0 aliphatic carbocycles. The van der Waals surface area contributed by atoms with Crippen molar-refractivity contribution in [3.05, 3.63) is 12.7 Å². The van der Waals surface area contributed by atoms with Crippen LogP contribution in [0.25, 0.3) is 0 Å². The summed E-state index contributed by atoms with van der Waals surface area (Å²) in [7, 11) is 0. The zero-order chi connectivity index (χ0) is 23.9. The lowest BCUT2D eigenvalue weighted by molar-refractivity contribution is -0.157. The van der Waals surface area contributed by atoms with Crippen molar-refractivity contribution in [2.45, 2.75) is 12.8 Å². The van der Waals surface area contributed by atoms with E-state index in [2.05, 4.69) is 6.58 Å². The molecule has 0 aromatic heterocycles. The van der Waals surface area contributed by atoms with Gasteiger partial charge < -0.3 is 35.1 Å². The van der Waals surface area contributed by atoms with Gasteiger partial charge in [0.2, 0.25) is 17.7 Å². The first-order valence-corrected chi connectivity index (χ1v) is 10.7. The summed E-state index contributed by atoms with van der Waals surface area (Å²) in [5, 5.41) is 36.4. The fraction of sp³-hybridized carbons (Fsp3) is 0.750. The fourth-order valence-corrected chi connectivity index (χ4v) is 3.40. The van der Waals surface area contributed by atoms with Crippen LogP contribution in [0.2, 0.25) is 0 Å². The van der Waals surface area contributed by atoms with Gasteiger partial charge in [-0.3, -0.25) is 24.2 Å². The number of hydrogen-bond donors (Lipinski definition) is 4. The molecule has 1 saturated heterocycles. The Morgan fingerprint density at radius 1 is 0.656 bits per heavy atom. The Hall–Kier alpha value is -2.09. The van der Waals surface area contributed by atoms with E-state index in [9.17, 15) is 14.4 Å². The maximum Gasteiger partial charge on any atom is 0.248 e. The van der Waals surface area contributed by atoms with Crippen LogP contribution in [0.5, 0.6) is 0 Å². The SMILES string of the molecule is C=CC(=O)N1CN(C(=O)CCN(CCO)CCO)CN(C(=O)CCN(CCO)CCO)C1. The number of rotatable bonds is 15. The van der Waals surface area contributed by atoms with Crippen molar-refractivity contribution in [1.29, 1.82) is 0 Å². The van der Waals surface area contributed by atoms with E-state index >= 15 is 0 Å². The number of aliphatic hydroxyl groups excluding tert-OH is 4. The summed E-state index contributed by atoms with van der Waals surface area (Å²) in [5.41, 5.74) is 0. The summed E-state index contributed by atoms with van der Waals surface area (Å²) in [6.07, 6.45) is 1.35. The molecule has 0 aromatic carbocycles. The van der Waals surface area contributed by atoms with Gasteiger partial charge in [0.25, 0.3) is 0 Å². The van der Waals surface area contributed by atoms with Crippen molar-refractivity contribution < 1.29 is 34.8 Å². The minimum atomic E-state index is -0.398. The largest absolute Gasteiger partial charge is 0.395 e. The first kappa shape index (κ1) is 27.9. The Morgan fingerprint density at radius 2 is 1.00 bits per heavy atom. The van der Waals surface area contributed by atoms with E-state index in [1.165, 1.54) is 14.7 Å². The smallest absolute Gasteiger partial charge is 0.248 e. The standard InChI is InChI=1S/C20H37N5O7/c1-2-18(30)23-15-24(19(31)3-5-21(7-11-26)8-12-27)17-25(16-23)20(32)4-6-22(9-13-28)10-14-29/h2,26-29H,1,3-17H2. The predicted octanol–water partition coefficient (Wildman–Crippen LogP) is -3.10. The third-order valence-corrected chi connectivity index (χ3v) is 5.16. The monoisotopic (exact) mass is 459 g/mol. The Kier molecular flexibility index (Phi) is 13.7. The molecule has 0 atom stereocenters. The summed E-state index contributed by atoms with van der Waals surface area (Å²) < 4.78 is 0. The molecule has 4 N–H and O–H groups in total. The molecular formula is C20H37N5O7. The number of carbonyl (C=O) groups excluding carboxylic acids is 3. The topological polar surface area (TPSA) is 148 Å². The second-order valence-corrected chi connectivity index (χ2v) is 7.45. The Bertz CT molecular complexity index is 555. The highest BCUT2D eigenvalue weighted by atomic mass is 16.3. The molecule has 0 radical (unpaired) electrons. The van der Waals surface area contributed by atoms with Crippen LogP contribution in [0, 0.1) is 0 Å². The maximum absolute atomic E-state index is 12.8. The summed E-state index contributed by atoms with van der Waals surface area (Å²) >= 11 is 0. The van der Waals surface area contributed by atoms with Gasteiger partial charge in [0.05, 0.1) is 46.4 Å². The van der Waals surface area contributed by atoms with Gasteiger partial charge in [-0.05, 0) is 6.08 Å². The Balaban J connectivity index is 2.77. The molecule has 0 spiro atoms. The zero-order valence-corrected chi connectivity index (χ0v) is 18.6. The molecule has 12 nitrogen and oxygen atoms in total. The van der Waals surface area contributed by atoms with Crippen LogP contribution in [0.3, 0.4) is 0 Å². The molecule has 12 heteroatoms. The van der Waals surface area contributed by atoms with Crippen LogP contribution >= 0.6 is 0 Å². The van der Waals surface area contributed by atoms with Gasteiger partial charge in [0.1, 0.15) is 0 Å². The van der Waals surface area contributed by atoms with E-state index in [1.807, 2.05) is 0 Å². The van der Waals surface area contributed by atoms with Gasteiger partial charge in [-0.15, -0.1) is 0 Å². The molecule has 1 fully saturated rings. The molecule has 1 rings (SSSR count). The summed E-state index contributed by atoms with van der Waals surface area (Å²) in [4.78, 5) is 45.4. The van der Waals surface area contributed by atoms with E-state index in [4.69, 9.17) is 20.4 Å². The van der Waals surface area contributed by atoms with E-state index in [0.29, 0.717) is 39.3 Å². The second-order valence-electron chi connectivity index (χ2n) is 7.45. The van der Waals surface area contributed by atoms with Crippen LogP contribution in [0.1, 0.15) is 12.8 Å². The summed E-state index contributed by atoms with van der Waals surface area (Å²) in [5.74, 6) is -0.912. The van der Waals surface area contributed by atoms with Gasteiger partial charge in [-0.25, -0.2) is 0 Å². The summed E-state index contributed by atoms with van der Waals surface area (Å²) in [6.45, 7) is 5.20. The number of nitrogens with zero attached hydrogens (tertiary/aromatic N) is 5. The minimum absolute atomic E-state index is 0.0363. The lowest BCUT2D eigenvalue weighted by Gasteiger charge is -2.42. The van der Waals surface area contributed by atoms with E-state index in [1.54, 1.807) is 9.80 Å². The average molecular weight is 460 g/mol. The third-order valence-electron chi connectivity index (χ3n) is 5.16. The number of aliphatic hydroxyl groups is 4. The third kappa shape index (κ3) is 9.59. The van der Waals surface area contributed by atoms with Gasteiger partial charge in [-0.2, -0.15) is 0 Å². The minimum Gasteiger partial charge on any atom is -0.395 e. The predicted molar refractivity (Wildman–Crippen MR) is 116 cm³/mol. The van der Waals surface area contributed by atoms with E-state index in [0.717, 1.165) is 6.08 Å². The lowest BCUT2D eigenvalue weighted by atomic mass is 10.3. The lowest BCUT2D eigenvalue weighted by Crippen LogP contribution is -2.59. The van der Waals surface area contributed by atoms with Gasteiger partial charge in [-0.1, -0.05) is 6.58 Å². The molecule has 1 aliphatic heterocycles. The molecule has 0 aromatic rings. The van der Waals surface area contributed by atoms with Crippen LogP contribution in [0.4, 0.5) is 0 Å². The molecule has 3 amide bonds. The molecule has 184 valence electrons. The normalized spacial score (nSPS) is 14.4. The van der Waals surface area contributed by atoms with Crippen molar-refractivity contribution >= 4 is 17.7 Å². The Morgan fingerprint density at radius 3 is 1.31 bits per heavy atom. The molecule has 0 saturated carbocycles. The zero-order valence-electron chi connectivity index (χ0n) is 18.6. The van der Waals surface area contributed by atoms with Crippen molar-refractivity contribution in [3.63, 3.8) is 0 Å². The second kappa shape index (κ2) is 15.7. The van der Waals surface area contributed by atoms with Gasteiger partial charge >= 0.3 is 0 Å². The van der Waals surface area contributed by atoms with Gasteiger partial charge in [0, 0.05) is 52.1 Å². The molecule has 0 unspecified atom stereocenters. The van der Waals surface area contributed by atoms with E-state index in [-0.39, 0.29) is 71.1 Å². The van der Waals surface area contributed by atoms with Crippen molar-refractivity contribution in [1.82, 2.24) is 24.5 Å². The van der Waals surface area contributed by atoms with Crippen LogP contribution in [-0.2, 0) is 14.4 Å². The average Bonchev–Trinajstić information content (AvgIpc) is 2.80. The highest BCUT2D eigenvalue weighted by molar-refractivity contribution is 5.88. The quantitative estimate of drug-likeness (QED) is 0.187. The van der Waals surface area contributed by atoms with Crippen LogP contribution in [-0.4, -0.2) is 148 Å².